The molecule has 1 amide bonds. The van der Waals surface area contributed by atoms with Crippen molar-refractivity contribution < 1.29 is 9.18 Å². The summed E-state index contributed by atoms with van der Waals surface area (Å²) in [7, 11) is 1.75. The number of anilines is 2. The predicted molar refractivity (Wildman–Crippen MR) is 83.5 cm³/mol. The first-order valence-electron chi connectivity index (χ1n) is 6.55. The predicted octanol–water partition coefficient (Wildman–Crippen LogP) is 2.24. The maximum atomic E-state index is 14.0. The molecule has 1 aromatic carbocycles. The van der Waals surface area contributed by atoms with Crippen LogP contribution in [0.4, 0.5) is 15.8 Å². The molecule has 0 saturated carbocycles. The molecule has 3 N–H and O–H groups in total. The second-order valence-electron chi connectivity index (χ2n) is 4.80. The van der Waals surface area contributed by atoms with Crippen LogP contribution in [-0.4, -0.2) is 25.5 Å². The number of nitrogens with zero attached hydrogens (tertiary/aromatic N) is 4. The molecule has 0 fully saturated rings. The van der Waals surface area contributed by atoms with Crippen LogP contribution in [0.5, 0.6) is 0 Å². The number of halogens is 2. The van der Waals surface area contributed by atoms with Gasteiger partial charge in [0.25, 0.3) is 5.91 Å². The highest BCUT2D eigenvalue weighted by molar-refractivity contribution is 6.32. The van der Waals surface area contributed by atoms with Gasteiger partial charge in [-0.25, -0.2) is 9.07 Å². The van der Waals surface area contributed by atoms with Gasteiger partial charge in [-0.1, -0.05) is 17.7 Å². The molecule has 23 heavy (non-hydrogen) atoms. The summed E-state index contributed by atoms with van der Waals surface area (Å²) >= 11 is 6.02. The summed E-state index contributed by atoms with van der Waals surface area (Å²) in [4.78, 5) is 11.6. The molecule has 118 valence electrons. The SMILES string of the molecule is Cn1cc(Nc2cn(-c3c(F)cccc3Cl)nc2C(N)=O)cn1. The molecule has 0 bridgehead atoms. The first-order valence-corrected chi connectivity index (χ1v) is 6.93. The van der Waals surface area contributed by atoms with Crippen LogP contribution in [0, 0.1) is 5.82 Å². The number of carbonyl (C=O) groups excluding carboxylic acids is 1. The summed E-state index contributed by atoms with van der Waals surface area (Å²) in [5.74, 6) is -1.31. The zero-order chi connectivity index (χ0) is 16.6. The quantitative estimate of drug-likeness (QED) is 0.765. The van der Waals surface area contributed by atoms with Crippen LogP contribution in [-0.2, 0) is 7.05 Å². The molecule has 0 unspecified atom stereocenters. The lowest BCUT2D eigenvalue weighted by atomic mass is 10.3. The summed E-state index contributed by atoms with van der Waals surface area (Å²) in [5, 5.41) is 11.2. The van der Waals surface area contributed by atoms with Crippen LogP contribution < -0.4 is 11.1 Å². The fraction of sp³-hybridized carbons (Fsp3) is 0.0714. The van der Waals surface area contributed by atoms with Crippen molar-refractivity contribution in [3.05, 3.63) is 53.3 Å². The highest BCUT2D eigenvalue weighted by Crippen LogP contribution is 2.27. The van der Waals surface area contributed by atoms with E-state index in [0.29, 0.717) is 11.4 Å². The van der Waals surface area contributed by atoms with Gasteiger partial charge in [-0.15, -0.1) is 0 Å². The van der Waals surface area contributed by atoms with E-state index in [0.717, 1.165) is 0 Å². The Morgan fingerprint density at radius 3 is 2.78 bits per heavy atom. The molecule has 0 radical (unpaired) electrons. The lowest BCUT2D eigenvalue weighted by Gasteiger charge is -2.04. The van der Waals surface area contributed by atoms with Gasteiger partial charge in [-0.05, 0) is 12.1 Å². The minimum Gasteiger partial charge on any atom is -0.364 e. The van der Waals surface area contributed by atoms with E-state index in [9.17, 15) is 9.18 Å². The maximum Gasteiger partial charge on any atom is 0.271 e. The Kier molecular flexibility index (Phi) is 3.75. The number of rotatable bonds is 4. The van der Waals surface area contributed by atoms with Crippen molar-refractivity contribution in [2.75, 3.05) is 5.32 Å². The molecule has 0 atom stereocenters. The third-order valence-corrected chi connectivity index (χ3v) is 3.40. The van der Waals surface area contributed by atoms with Crippen LogP contribution in [0.15, 0.2) is 36.8 Å². The first kappa shape index (κ1) is 15.0. The largest absolute Gasteiger partial charge is 0.364 e. The van der Waals surface area contributed by atoms with Crippen molar-refractivity contribution in [2.45, 2.75) is 0 Å². The number of nitrogens with two attached hydrogens (primary N) is 1. The van der Waals surface area contributed by atoms with Gasteiger partial charge in [0.1, 0.15) is 11.5 Å². The van der Waals surface area contributed by atoms with Gasteiger partial charge in [-0.2, -0.15) is 10.2 Å². The molecular weight excluding hydrogens is 323 g/mol. The minimum absolute atomic E-state index is 0.0341. The van der Waals surface area contributed by atoms with Crippen molar-refractivity contribution in [1.29, 1.82) is 0 Å². The molecule has 3 aromatic rings. The molecule has 0 saturated heterocycles. The Hall–Kier alpha value is -2.87. The summed E-state index contributed by atoms with van der Waals surface area (Å²) < 4.78 is 16.8. The minimum atomic E-state index is -0.748. The van der Waals surface area contributed by atoms with Gasteiger partial charge in [0.15, 0.2) is 5.69 Å². The van der Waals surface area contributed by atoms with E-state index in [-0.39, 0.29) is 16.4 Å². The lowest BCUT2D eigenvalue weighted by molar-refractivity contribution is 0.0996. The molecule has 0 aliphatic rings. The summed E-state index contributed by atoms with van der Waals surface area (Å²) in [6.07, 6.45) is 4.72. The van der Waals surface area contributed by atoms with Gasteiger partial charge < -0.3 is 11.1 Å². The molecule has 2 aromatic heterocycles. The number of hydrogen-bond acceptors (Lipinski definition) is 4. The Morgan fingerprint density at radius 1 is 1.39 bits per heavy atom. The summed E-state index contributed by atoms with van der Waals surface area (Å²) in [5.41, 5.74) is 6.30. The van der Waals surface area contributed by atoms with E-state index in [1.807, 2.05) is 0 Å². The van der Waals surface area contributed by atoms with Crippen molar-refractivity contribution in [3.63, 3.8) is 0 Å². The molecule has 3 rings (SSSR count). The molecule has 0 spiro atoms. The molecule has 9 heteroatoms. The van der Waals surface area contributed by atoms with Gasteiger partial charge in [-0.3, -0.25) is 9.48 Å². The smallest absolute Gasteiger partial charge is 0.271 e. The zero-order valence-corrected chi connectivity index (χ0v) is 12.8. The van der Waals surface area contributed by atoms with Gasteiger partial charge in [0.2, 0.25) is 0 Å². The number of primary amides is 1. The second kappa shape index (κ2) is 5.73. The van der Waals surface area contributed by atoms with Crippen molar-refractivity contribution in [3.8, 4) is 5.69 Å². The molecule has 0 aliphatic carbocycles. The van der Waals surface area contributed by atoms with E-state index >= 15 is 0 Å². The standard InChI is InChI=1S/C14H12ClFN6O/c1-21-6-8(5-18-21)19-11-7-22(20-12(11)14(17)23)13-9(15)3-2-4-10(13)16/h2-7,19H,1H3,(H2,17,23). The second-order valence-corrected chi connectivity index (χ2v) is 5.21. The molecule has 2 heterocycles. The van der Waals surface area contributed by atoms with Crippen LogP contribution in [0.3, 0.4) is 0 Å². The number of aryl methyl sites for hydroxylation is 1. The number of hydrogen-bond donors (Lipinski definition) is 2. The number of benzene rings is 1. The number of nitrogens with one attached hydrogen (secondary N) is 1. The first-order chi connectivity index (χ1) is 11.0. The van der Waals surface area contributed by atoms with E-state index in [1.165, 1.54) is 29.1 Å². The zero-order valence-electron chi connectivity index (χ0n) is 12.0. The van der Waals surface area contributed by atoms with Gasteiger partial charge >= 0.3 is 0 Å². The van der Waals surface area contributed by atoms with E-state index in [2.05, 4.69) is 15.5 Å². The number of carbonyl (C=O) groups is 1. The van der Waals surface area contributed by atoms with Gasteiger partial charge in [0.05, 0.1) is 28.8 Å². The normalized spacial score (nSPS) is 10.7. The van der Waals surface area contributed by atoms with E-state index in [4.69, 9.17) is 17.3 Å². The van der Waals surface area contributed by atoms with Crippen LogP contribution >= 0.6 is 11.6 Å². The Morgan fingerprint density at radius 2 is 2.17 bits per heavy atom. The highest BCUT2D eigenvalue weighted by atomic mass is 35.5. The van der Waals surface area contributed by atoms with Crippen molar-refractivity contribution >= 4 is 28.9 Å². The third kappa shape index (κ3) is 2.88. The Balaban J connectivity index is 2.07. The fourth-order valence-corrected chi connectivity index (χ4v) is 2.36. The van der Waals surface area contributed by atoms with Crippen molar-refractivity contribution in [1.82, 2.24) is 19.6 Å². The van der Waals surface area contributed by atoms with Crippen molar-refractivity contribution in [2.24, 2.45) is 12.8 Å². The maximum absolute atomic E-state index is 14.0. The van der Waals surface area contributed by atoms with Crippen LogP contribution in [0.1, 0.15) is 10.5 Å². The number of amides is 1. The molecular formula is C14H12ClFN6O. The highest BCUT2D eigenvalue weighted by Gasteiger charge is 2.18. The molecule has 0 aliphatic heterocycles. The van der Waals surface area contributed by atoms with Crippen LogP contribution in [0.2, 0.25) is 5.02 Å². The van der Waals surface area contributed by atoms with Crippen LogP contribution in [0.25, 0.3) is 5.69 Å². The van der Waals surface area contributed by atoms with Gasteiger partial charge in [0, 0.05) is 13.2 Å². The fourth-order valence-electron chi connectivity index (χ4n) is 2.11. The average Bonchev–Trinajstić information content (AvgIpc) is 3.06. The van der Waals surface area contributed by atoms with E-state index < -0.39 is 11.7 Å². The molecule has 7 nitrogen and oxygen atoms in total. The monoisotopic (exact) mass is 334 g/mol. The van der Waals surface area contributed by atoms with E-state index in [1.54, 1.807) is 24.1 Å². The Bertz CT molecular complexity index is 867. The number of para-hydroxylation sites is 1. The Labute approximate surface area is 135 Å². The average molecular weight is 335 g/mol. The number of aromatic nitrogens is 4. The summed E-state index contributed by atoms with van der Waals surface area (Å²) in [6.45, 7) is 0. The third-order valence-electron chi connectivity index (χ3n) is 3.10. The topological polar surface area (TPSA) is 90.8 Å². The summed E-state index contributed by atoms with van der Waals surface area (Å²) in [6, 6.07) is 4.26. The lowest BCUT2D eigenvalue weighted by Crippen LogP contribution is -2.14.